The maximum atomic E-state index is 13.5. The summed E-state index contributed by atoms with van der Waals surface area (Å²) in [6, 6.07) is 0. The summed E-state index contributed by atoms with van der Waals surface area (Å²) in [4.78, 5) is 56.7. The van der Waals surface area contributed by atoms with Crippen molar-refractivity contribution in [2.45, 2.75) is 75.2 Å². The van der Waals surface area contributed by atoms with Crippen molar-refractivity contribution in [2.75, 3.05) is 13.2 Å². The molecule has 3 N–H and O–H groups in total. The summed E-state index contributed by atoms with van der Waals surface area (Å²) in [6.45, 7) is 3.90. The van der Waals surface area contributed by atoms with E-state index in [1.54, 1.807) is 0 Å². The number of ether oxygens (including phenoxy) is 3. The largest absolute Gasteiger partial charge is 0.481 e. The molecule has 206 valence electrons. The number of hydrogen-bond acceptors (Lipinski definition) is 11. The van der Waals surface area contributed by atoms with E-state index in [4.69, 9.17) is 14.2 Å². The number of thiazole rings is 1. The number of esters is 1. The zero-order chi connectivity index (χ0) is 27.3. The summed E-state index contributed by atoms with van der Waals surface area (Å²) >= 11 is 2.22. The Morgan fingerprint density at radius 1 is 1.11 bits per heavy atom. The van der Waals surface area contributed by atoms with Crippen LogP contribution in [0.4, 0.5) is 0 Å². The van der Waals surface area contributed by atoms with E-state index in [2.05, 4.69) is 4.98 Å². The SMILES string of the molecule is C[C@@H](OC(=O)C1=C([C@H]2CCCO2)S[C@@H]2[C@@H]([C@@H](C)O)C(=O)N12)C(C(=O)O)c1nc(C(=O)O)c([C@H]2CCCO2)s1. The van der Waals surface area contributed by atoms with Crippen LogP contribution in [0.3, 0.4) is 0 Å². The quantitative estimate of drug-likeness (QED) is 0.293. The normalized spacial score (nSPS) is 29.1. The lowest BCUT2D eigenvalue weighted by Gasteiger charge is -2.43. The first-order valence-electron chi connectivity index (χ1n) is 12.4. The monoisotopic (exact) mass is 568 g/mol. The van der Waals surface area contributed by atoms with Gasteiger partial charge in [-0.15, -0.1) is 11.3 Å². The van der Waals surface area contributed by atoms with Crippen LogP contribution in [-0.4, -0.2) is 85.9 Å². The van der Waals surface area contributed by atoms with E-state index in [9.17, 15) is 34.5 Å². The Balaban J connectivity index is 1.41. The van der Waals surface area contributed by atoms with E-state index in [1.165, 1.54) is 30.5 Å². The molecule has 3 saturated heterocycles. The van der Waals surface area contributed by atoms with Crippen molar-refractivity contribution in [1.29, 1.82) is 0 Å². The predicted octanol–water partition coefficient (Wildman–Crippen LogP) is 2.10. The van der Waals surface area contributed by atoms with E-state index < -0.39 is 65.4 Å². The lowest BCUT2D eigenvalue weighted by Crippen LogP contribution is -2.60. The Morgan fingerprint density at radius 2 is 1.76 bits per heavy atom. The van der Waals surface area contributed by atoms with Crippen molar-refractivity contribution in [3.05, 3.63) is 26.2 Å². The van der Waals surface area contributed by atoms with Gasteiger partial charge >= 0.3 is 17.9 Å². The second-order valence-corrected chi connectivity index (χ2v) is 11.9. The number of aliphatic hydroxyl groups is 1. The number of aliphatic hydroxyl groups excluding tert-OH is 1. The van der Waals surface area contributed by atoms with Crippen LogP contribution in [0.5, 0.6) is 0 Å². The van der Waals surface area contributed by atoms with Crippen LogP contribution >= 0.6 is 23.1 Å². The number of aromatic carboxylic acids is 1. The standard InChI is InChI=1S/C24H28N2O10S2/c1-9(27)13-20(28)26-16(18(38-21(13)26)12-6-4-8-35-12)24(33)36-10(2)14(22(29)30)19-25-15(23(31)32)17(37-19)11-5-3-7-34-11/h9-14,21,27H,3-8H2,1-2H3,(H,29,30)(H,31,32)/t9-,10-,11-,12-,13+,14?,21-/m1/s1. The minimum absolute atomic E-state index is 0.00944. The minimum Gasteiger partial charge on any atom is -0.481 e. The zero-order valence-corrected chi connectivity index (χ0v) is 22.3. The summed E-state index contributed by atoms with van der Waals surface area (Å²) in [5, 5.41) is 29.2. The average molecular weight is 569 g/mol. The third-order valence-electron chi connectivity index (χ3n) is 7.13. The Kier molecular flexibility index (Phi) is 7.52. The second kappa shape index (κ2) is 10.6. The molecule has 5 heterocycles. The maximum absolute atomic E-state index is 13.5. The molecule has 4 aliphatic rings. The van der Waals surface area contributed by atoms with Gasteiger partial charge in [-0.2, -0.15) is 0 Å². The lowest BCUT2D eigenvalue weighted by atomic mass is 9.92. The summed E-state index contributed by atoms with van der Waals surface area (Å²) in [7, 11) is 0. The Bertz CT molecular complexity index is 1180. The molecule has 1 amide bonds. The van der Waals surface area contributed by atoms with E-state index >= 15 is 0 Å². The van der Waals surface area contributed by atoms with Crippen LogP contribution in [0.25, 0.3) is 0 Å². The van der Waals surface area contributed by atoms with E-state index in [1.807, 2.05) is 0 Å². The minimum atomic E-state index is -1.44. The fraction of sp³-hybridized carbons (Fsp3) is 0.625. The number of nitrogens with zero attached hydrogens (tertiary/aromatic N) is 2. The molecule has 1 aromatic heterocycles. The number of hydrogen-bond donors (Lipinski definition) is 3. The average Bonchev–Trinajstić information content (AvgIpc) is 3.63. The van der Waals surface area contributed by atoms with Gasteiger partial charge in [0.15, 0.2) is 5.69 Å². The number of β-lactam (4-membered cyclic amide) rings is 1. The molecule has 1 aromatic rings. The number of amides is 1. The molecule has 14 heteroatoms. The highest BCUT2D eigenvalue weighted by atomic mass is 32.2. The maximum Gasteiger partial charge on any atom is 0.356 e. The summed E-state index contributed by atoms with van der Waals surface area (Å²) in [5.41, 5.74) is -0.259. The topological polar surface area (TPSA) is 173 Å². The van der Waals surface area contributed by atoms with Crippen LogP contribution < -0.4 is 0 Å². The number of carboxylic acid groups (broad SMARTS) is 2. The van der Waals surface area contributed by atoms with Gasteiger partial charge in [-0.25, -0.2) is 14.6 Å². The molecular formula is C24H28N2O10S2. The number of rotatable bonds is 9. The van der Waals surface area contributed by atoms with Gasteiger partial charge in [0.2, 0.25) is 5.91 Å². The molecule has 4 aliphatic heterocycles. The van der Waals surface area contributed by atoms with E-state index in [0.717, 1.165) is 24.2 Å². The fourth-order valence-corrected chi connectivity index (χ4v) is 8.27. The third-order valence-corrected chi connectivity index (χ3v) is 9.82. The van der Waals surface area contributed by atoms with Gasteiger partial charge < -0.3 is 29.5 Å². The van der Waals surface area contributed by atoms with Crippen LogP contribution in [0.1, 0.15) is 71.9 Å². The van der Waals surface area contributed by atoms with E-state index in [0.29, 0.717) is 35.8 Å². The van der Waals surface area contributed by atoms with Gasteiger partial charge in [0.1, 0.15) is 28.1 Å². The van der Waals surface area contributed by atoms with Crippen molar-refractivity contribution in [3.8, 4) is 0 Å². The van der Waals surface area contributed by atoms with E-state index in [-0.39, 0.29) is 16.4 Å². The van der Waals surface area contributed by atoms with Crippen LogP contribution in [-0.2, 0) is 28.6 Å². The molecule has 5 rings (SSSR count). The first-order chi connectivity index (χ1) is 18.1. The smallest absolute Gasteiger partial charge is 0.356 e. The number of carboxylic acids is 2. The fourth-order valence-electron chi connectivity index (χ4n) is 5.25. The molecule has 0 radical (unpaired) electrons. The number of carbonyl (C=O) groups excluding carboxylic acids is 2. The Morgan fingerprint density at radius 3 is 2.32 bits per heavy atom. The Hall–Kier alpha value is -2.52. The molecule has 12 nitrogen and oxygen atoms in total. The molecule has 1 unspecified atom stereocenters. The van der Waals surface area contributed by atoms with Crippen LogP contribution in [0.15, 0.2) is 10.6 Å². The molecular weight excluding hydrogens is 540 g/mol. The number of aliphatic carboxylic acids is 1. The first-order valence-corrected chi connectivity index (χ1v) is 14.1. The Labute approximate surface area is 225 Å². The molecule has 7 atom stereocenters. The van der Waals surface area contributed by atoms with Gasteiger partial charge in [0.25, 0.3) is 0 Å². The van der Waals surface area contributed by atoms with Gasteiger partial charge in [-0.05, 0) is 39.5 Å². The highest BCUT2D eigenvalue weighted by Crippen LogP contribution is 2.53. The molecule has 0 spiro atoms. The van der Waals surface area contributed by atoms with Crippen LogP contribution in [0, 0.1) is 5.92 Å². The molecule has 38 heavy (non-hydrogen) atoms. The van der Waals surface area contributed by atoms with Crippen molar-refractivity contribution in [2.24, 2.45) is 5.92 Å². The summed E-state index contributed by atoms with van der Waals surface area (Å²) < 4.78 is 17.0. The number of thioether (sulfide) groups is 1. The third kappa shape index (κ3) is 4.62. The van der Waals surface area contributed by atoms with Gasteiger partial charge in [-0.1, -0.05) is 11.8 Å². The van der Waals surface area contributed by atoms with Gasteiger partial charge in [0, 0.05) is 18.1 Å². The van der Waals surface area contributed by atoms with Crippen molar-refractivity contribution in [3.63, 3.8) is 0 Å². The number of aromatic nitrogens is 1. The van der Waals surface area contributed by atoms with Crippen LogP contribution in [0.2, 0.25) is 0 Å². The summed E-state index contributed by atoms with van der Waals surface area (Å²) in [5.74, 6) is -6.03. The highest BCUT2D eigenvalue weighted by molar-refractivity contribution is 8.04. The molecule has 0 saturated carbocycles. The van der Waals surface area contributed by atoms with Gasteiger partial charge in [0.05, 0.1) is 29.1 Å². The van der Waals surface area contributed by atoms with Gasteiger partial charge in [-0.3, -0.25) is 14.5 Å². The molecule has 0 aromatic carbocycles. The van der Waals surface area contributed by atoms with Crippen molar-refractivity contribution < 1.29 is 48.7 Å². The predicted molar refractivity (Wildman–Crippen MR) is 132 cm³/mol. The second-order valence-electron chi connectivity index (χ2n) is 9.70. The molecule has 0 aliphatic carbocycles. The molecule has 0 bridgehead atoms. The van der Waals surface area contributed by atoms with Crippen molar-refractivity contribution in [1.82, 2.24) is 9.88 Å². The highest BCUT2D eigenvalue weighted by Gasteiger charge is 2.59. The first kappa shape index (κ1) is 27.1. The zero-order valence-electron chi connectivity index (χ0n) is 20.7. The van der Waals surface area contributed by atoms with Crippen molar-refractivity contribution >= 4 is 46.9 Å². The summed E-state index contributed by atoms with van der Waals surface area (Å²) in [6.07, 6.45) is -0.229. The number of fused-ring (bicyclic) bond motifs is 1. The lowest BCUT2D eigenvalue weighted by molar-refractivity contribution is -0.161. The molecule has 3 fully saturated rings. The number of carbonyl (C=O) groups is 4.